The van der Waals surface area contributed by atoms with E-state index in [1.165, 1.54) is 11.1 Å². The second kappa shape index (κ2) is 9.28. The van der Waals surface area contributed by atoms with E-state index in [9.17, 15) is 0 Å². The highest BCUT2D eigenvalue weighted by molar-refractivity contribution is 14.0. The Bertz CT molecular complexity index is 786. The predicted octanol–water partition coefficient (Wildman–Crippen LogP) is 4.03. The quantitative estimate of drug-likeness (QED) is 0.391. The number of guanidine groups is 1. The summed E-state index contributed by atoms with van der Waals surface area (Å²) in [5.41, 5.74) is 2.50. The van der Waals surface area contributed by atoms with Crippen molar-refractivity contribution in [3.8, 4) is 0 Å². The summed E-state index contributed by atoms with van der Waals surface area (Å²) in [6, 6.07) is 8.09. The van der Waals surface area contributed by atoms with Crippen LogP contribution in [0, 0.1) is 0 Å². The van der Waals surface area contributed by atoms with Crippen LogP contribution in [0.5, 0.6) is 0 Å². The average molecular weight is 502 g/mol. The van der Waals surface area contributed by atoms with Crippen molar-refractivity contribution in [2.24, 2.45) is 12.0 Å². The Morgan fingerprint density at radius 1 is 1.41 bits per heavy atom. The maximum absolute atomic E-state index is 6.16. The van der Waals surface area contributed by atoms with Crippen LogP contribution in [0.25, 0.3) is 0 Å². The van der Waals surface area contributed by atoms with E-state index in [0.717, 1.165) is 37.0 Å². The highest BCUT2D eigenvalue weighted by Crippen LogP contribution is 2.28. The fraction of sp³-hybridized carbons (Fsp3) is 0.500. The third-order valence-corrected chi connectivity index (χ3v) is 5.43. The molecule has 1 unspecified atom stereocenters. The first-order chi connectivity index (χ1) is 12.4. The number of hydrogen-bond donors (Lipinski definition) is 1. The van der Waals surface area contributed by atoms with E-state index >= 15 is 0 Å². The molecule has 2 aromatic rings. The minimum atomic E-state index is -0.0384. The maximum atomic E-state index is 6.16. The third-order valence-electron chi connectivity index (χ3n) is 5.19. The fourth-order valence-electron chi connectivity index (χ4n) is 3.52. The average Bonchev–Trinajstić information content (AvgIpc) is 3.24. The molecule has 1 saturated heterocycles. The van der Waals surface area contributed by atoms with Gasteiger partial charge in [-0.1, -0.05) is 37.6 Å². The highest BCUT2D eigenvalue weighted by atomic mass is 127. The Morgan fingerprint density at radius 2 is 2.19 bits per heavy atom. The molecule has 1 aliphatic heterocycles. The van der Waals surface area contributed by atoms with Crippen molar-refractivity contribution < 1.29 is 0 Å². The van der Waals surface area contributed by atoms with Gasteiger partial charge in [0.25, 0.3) is 0 Å². The van der Waals surface area contributed by atoms with E-state index < -0.39 is 0 Å². The van der Waals surface area contributed by atoms with Crippen molar-refractivity contribution in [1.29, 1.82) is 0 Å². The van der Waals surface area contributed by atoms with Gasteiger partial charge in [0.05, 0.1) is 6.20 Å². The van der Waals surface area contributed by atoms with Crippen molar-refractivity contribution in [3.05, 3.63) is 52.8 Å². The van der Waals surface area contributed by atoms with Crippen LogP contribution in [-0.4, -0.2) is 47.3 Å². The number of likely N-dealkylation sites (tertiary alicyclic amines) is 1. The van der Waals surface area contributed by atoms with E-state index in [-0.39, 0.29) is 29.4 Å². The molecule has 5 nitrogen and oxygen atoms in total. The number of aliphatic imine (C=N–C) groups is 1. The first-order valence-corrected chi connectivity index (χ1v) is 9.47. The SMILES string of the molecule is CN=C(NCC(C)(C)c1cccc(Cl)c1)N1CCC(c2cnn(C)c2)C1.I. The van der Waals surface area contributed by atoms with Crippen LogP contribution in [0.1, 0.15) is 37.3 Å². The molecule has 1 aromatic carbocycles. The molecular formula is C20H29ClIN5. The summed E-state index contributed by atoms with van der Waals surface area (Å²) in [6.07, 6.45) is 5.23. The van der Waals surface area contributed by atoms with E-state index in [2.05, 4.69) is 46.4 Å². The van der Waals surface area contributed by atoms with E-state index in [0.29, 0.717) is 5.92 Å². The van der Waals surface area contributed by atoms with Gasteiger partial charge in [-0.2, -0.15) is 5.10 Å². The molecule has 0 bridgehead atoms. The molecule has 148 valence electrons. The number of benzene rings is 1. The number of rotatable bonds is 4. The Hall–Kier alpha value is -1.28. The van der Waals surface area contributed by atoms with Crippen LogP contribution in [0.4, 0.5) is 0 Å². The summed E-state index contributed by atoms with van der Waals surface area (Å²) in [5.74, 6) is 1.48. The third kappa shape index (κ3) is 5.38. The predicted molar refractivity (Wildman–Crippen MR) is 123 cm³/mol. The van der Waals surface area contributed by atoms with E-state index in [4.69, 9.17) is 11.6 Å². The Balaban J connectivity index is 0.00000261. The van der Waals surface area contributed by atoms with Crippen LogP contribution in [0.3, 0.4) is 0 Å². The Labute approximate surface area is 184 Å². The topological polar surface area (TPSA) is 45.5 Å². The monoisotopic (exact) mass is 501 g/mol. The first kappa shape index (κ1) is 22.0. The lowest BCUT2D eigenvalue weighted by Crippen LogP contribution is -2.45. The van der Waals surface area contributed by atoms with Gasteiger partial charge in [0, 0.05) is 56.3 Å². The summed E-state index contributed by atoms with van der Waals surface area (Å²) in [5, 5.41) is 8.64. The highest BCUT2D eigenvalue weighted by Gasteiger charge is 2.28. The van der Waals surface area contributed by atoms with Gasteiger partial charge in [-0.15, -0.1) is 24.0 Å². The van der Waals surface area contributed by atoms with Crippen molar-refractivity contribution in [2.45, 2.75) is 31.6 Å². The molecule has 27 heavy (non-hydrogen) atoms. The molecule has 7 heteroatoms. The second-order valence-electron chi connectivity index (χ2n) is 7.67. The maximum Gasteiger partial charge on any atom is 0.193 e. The van der Waals surface area contributed by atoms with Crippen LogP contribution < -0.4 is 5.32 Å². The molecule has 0 radical (unpaired) electrons. The van der Waals surface area contributed by atoms with Crippen LogP contribution in [0.2, 0.25) is 5.02 Å². The van der Waals surface area contributed by atoms with Gasteiger partial charge in [0.15, 0.2) is 5.96 Å². The van der Waals surface area contributed by atoms with Gasteiger partial charge in [-0.25, -0.2) is 0 Å². The molecule has 1 N–H and O–H groups in total. The summed E-state index contributed by atoms with van der Waals surface area (Å²) in [6.45, 7) is 7.23. The standard InChI is InChI=1S/C20H28ClN5.HI/c1-20(2,17-6-5-7-18(21)10-17)14-23-19(22-3)26-9-8-15(13-26)16-11-24-25(4)12-16;/h5-7,10-12,15H,8-9,13-14H2,1-4H3,(H,22,23);1H. The molecule has 0 aliphatic carbocycles. The number of hydrogen-bond acceptors (Lipinski definition) is 2. The molecule has 0 amide bonds. The first-order valence-electron chi connectivity index (χ1n) is 9.09. The minimum Gasteiger partial charge on any atom is -0.355 e. The molecular weight excluding hydrogens is 473 g/mol. The molecule has 1 fully saturated rings. The normalized spacial score (nSPS) is 17.7. The zero-order valence-electron chi connectivity index (χ0n) is 16.4. The number of halogens is 2. The van der Waals surface area contributed by atoms with Crippen molar-refractivity contribution in [2.75, 3.05) is 26.7 Å². The lowest BCUT2D eigenvalue weighted by Gasteiger charge is -2.29. The zero-order chi connectivity index (χ0) is 18.7. The van der Waals surface area contributed by atoms with Gasteiger partial charge >= 0.3 is 0 Å². The fourth-order valence-corrected chi connectivity index (χ4v) is 3.71. The Morgan fingerprint density at radius 3 is 2.81 bits per heavy atom. The smallest absolute Gasteiger partial charge is 0.193 e. The van der Waals surface area contributed by atoms with Crippen LogP contribution in [-0.2, 0) is 12.5 Å². The molecule has 1 atom stereocenters. The molecule has 1 aromatic heterocycles. The number of aromatic nitrogens is 2. The summed E-state index contributed by atoms with van der Waals surface area (Å²) >= 11 is 6.16. The molecule has 1 aliphatic rings. The van der Waals surface area contributed by atoms with Gasteiger partial charge in [-0.3, -0.25) is 9.67 Å². The molecule has 0 saturated carbocycles. The largest absolute Gasteiger partial charge is 0.355 e. The van der Waals surface area contributed by atoms with Crippen molar-refractivity contribution in [3.63, 3.8) is 0 Å². The van der Waals surface area contributed by atoms with Gasteiger partial charge in [0.2, 0.25) is 0 Å². The summed E-state index contributed by atoms with van der Waals surface area (Å²) in [4.78, 5) is 6.84. The van der Waals surface area contributed by atoms with E-state index in [1.54, 1.807) is 0 Å². The molecule has 0 spiro atoms. The van der Waals surface area contributed by atoms with Crippen LogP contribution in [0.15, 0.2) is 41.7 Å². The van der Waals surface area contributed by atoms with Crippen molar-refractivity contribution >= 4 is 41.5 Å². The lowest BCUT2D eigenvalue weighted by molar-refractivity contribution is 0.454. The lowest BCUT2D eigenvalue weighted by atomic mass is 9.84. The molecule has 3 rings (SSSR count). The number of nitrogens with zero attached hydrogens (tertiary/aromatic N) is 4. The minimum absolute atomic E-state index is 0. The van der Waals surface area contributed by atoms with Gasteiger partial charge in [0.1, 0.15) is 0 Å². The number of aryl methyl sites for hydroxylation is 1. The van der Waals surface area contributed by atoms with Crippen LogP contribution >= 0.6 is 35.6 Å². The van der Waals surface area contributed by atoms with E-state index in [1.807, 2.05) is 43.2 Å². The Kier molecular flexibility index (Phi) is 7.56. The number of nitrogens with one attached hydrogen (secondary N) is 1. The van der Waals surface area contributed by atoms with Gasteiger partial charge < -0.3 is 10.2 Å². The second-order valence-corrected chi connectivity index (χ2v) is 8.11. The van der Waals surface area contributed by atoms with Gasteiger partial charge in [-0.05, 0) is 29.7 Å². The molecule has 2 heterocycles. The van der Waals surface area contributed by atoms with Crippen molar-refractivity contribution in [1.82, 2.24) is 20.0 Å². The summed E-state index contributed by atoms with van der Waals surface area (Å²) < 4.78 is 1.87. The zero-order valence-corrected chi connectivity index (χ0v) is 19.5. The summed E-state index contributed by atoms with van der Waals surface area (Å²) in [7, 11) is 3.82.